The highest BCUT2D eigenvalue weighted by atomic mass is 32.2. The quantitative estimate of drug-likeness (QED) is 0.554. The molecule has 0 heterocycles. The van der Waals surface area contributed by atoms with Gasteiger partial charge in [-0.1, -0.05) is 48.5 Å². The van der Waals surface area contributed by atoms with Crippen molar-refractivity contribution in [2.75, 3.05) is 0 Å². The van der Waals surface area contributed by atoms with Gasteiger partial charge < -0.3 is 5.32 Å². The van der Waals surface area contributed by atoms with Crippen LogP contribution in [-0.4, -0.2) is 20.4 Å². The van der Waals surface area contributed by atoms with Gasteiger partial charge in [-0.05, 0) is 66.9 Å². The van der Waals surface area contributed by atoms with Crippen molar-refractivity contribution in [1.82, 2.24) is 10.0 Å². The highest BCUT2D eigenvalue weighted by molar-refractivity contribution is 7.89. The molecule has 1 amide bonds. The van der Waals surface area contributed by atoms with Crippen molar-refractivity contribution < 1.29 is 13.2 Å². The number of carbonyl (C=O) groups excluding carboxylic acids is 1. The number of amides is 1. The Morgan fingerprint density at radius 2 is 1.57 bits per heavy atom. The molecule has 1 atom stereocenters. The number of carbonyl (C=O) groups is 1. The average Bonchev–Trinajstić information content (AvgIpc) is 2.71. The number of rotatable bonds is 7. The van der Waals surface area contributed by atoms with Gasteiger partial charge in [0.1, 0.15) is 0 Å². The predicted octanol–water partition coefficient (Wildman–Crippen LogP) is 4.42. The largest absolute Gasteiger partial charge is 0.346 e. The van der Waals surface area contributed by atoms with Gasteiger partial charge in [-0.15, -0.1) is 0 Å². The third kappa shape index (κ3) is 5.55. The summed E-state index contributed by atoms with van der Waals surface area (Å²) in [5.74, 6) is -0.214. The number of hydrogen-bond donors (Lipinski definition) is 2. The van der Waals surface area contributed by atoms with Crippen molar-refractivity contribution in [3.63, 3.8) is 0 Å². The molecule has 3 rings (SSSR count). The van der Waals surface area contributed by atoms with Crippen LogP contribution >= 0.6 is 0 Å². The molecule has 30 heavy (non-hydrogen) atoms. The minimum absolute atomic E-state index is 0.138. The lowest BCUT2D eigenvalue weighted by atomic mass is 10.0. The second-order valence-corrected chi connectivity index (χ2v) is 9.23. The first-order valence-corrected chi connectivity index (χ1v) is 11.3. The molecule has 156 valence electrons. The van der Waals surface area contributed by atoms with Crippen molar-refractivity contribution in [2.24, 2.45) is 0 Å². The molecule has 0 aromatic heterocycles. The van der Waals surface area contributed by atoms with Crippen LogP contribution in [0.25, 0.3) is 16.8 Å². The first kappa shape index (κ1) is 21.7. The van der Waals surface area contributed by atoms with Gasteiger partial charge in [0.15, 0.2) is 0 Å². The molecule has 3 aromatic rings. The van der Waals surface area contributed by atoms with Gasteiger partial charge in [0, 0.05) is 12.1 Å². The SMILES string of the molecule is CC(C)NS(=O)(=O)c1ccc(/C=C/C(=O)NC(C)c2ccc3ccccc3c2)cc1. The summed E-state index contributed by atoms with van der Waals surface area (Å²) < 4.78 is 26.9. The minimum Gasteiger partial charge on any atom is -0.346 e. The summed E-state index contributed by atoms with van der Waals surface area (Å²) in [6.07, 6.45) is 3.11. The number of nitrogens with one attached hydrogen (secondary N) is 2. The van der Waals surface area contributed by atoms with E-state index >= 15 is 0 Å². The molecule has 0 saturated heterocycles. The van der Waals surface area contributed by atoms with Crippen molar-refractivity contribution >= 4 is 32.8 Å². The highest BCUT2D eigenvalue weighted by Crippen LogP contribution is 2.20. The molecule has 0 radical (unpaired) electrons. The normalized spacial score (nSPS) is 13.1. The maximum absolute atomic E-state index is 12.3. The van der Waals surface area contributed by atoms with E-state index in [1.165, 1.54) is 18.2 Å². The van der Waals surface area contributed by atoms with E-state index in [2.05, 4.69) is 22.2 Å². The van der Waals surface area contributed by atoms with Crippen LogP contribution in [0.1, 0.15) is 37.9 Å². The molecule has 5 nitrogen and oxygen atoms in total. The van der Waals surface area contributed by atoms with Gasteiger partial charge in [-0.25, -0.2) is 13.1 Å². The van der Waals surface area contributed by atoms with Crippen LogP contribution in [-0.2, 0) is 14.8 Å². The van der Waals surface area contributed by atoms with Crippen molar-refractivity contribution in [1.29, 1.82) is 0 Å². The van der Waals surface area contributed by atoms with E-state index in [1.54, 1.807) is 32.1 Å². The molecule has 0 aliphatic rings. The summed E-state index contributed by atoms with van der Waals surface area (Å²) >= 11 is 0. The molecule has 0 saturated carbocycles. The van der Waals surface area contributed by atoms with Gasteiger partial charge >= 0.3 is 0 Å². The van der Waals surface area contributed by atoms with Gasteiger partial charge in [-0.2, -0.15) is 0 Å². The molecule has 1 unspecified atom stereocenters. The van der Waals surface area contributed by atoms with E-state index in [-0.39, 0.29) is 22.9 Å². The molecule has 3 aromatic carbocycles. The van der Waals surface area contributed by atoms with Crippen LogP contribution in [0.4, 0.5) is 0 Å². The smallest absolute Gasteiger partial charge is 0.244 e. The third-order valence-corrected chi connectivity index (χ3v) is 6.32. The standard InChI is InChI=1S/C24H26N2O3S/c1-17(2)26-30(28,29)23-13-8-19(9-14-23)10-15-24(27)25-18(3)21-12-11-20-6-4-5-7-22(20)16-21/h4-18,26H,1-3H3,(H,25,27)/b15-10+. The third-order valence-electron chi connectivity index (χ3n) is 4.64. The molecule has 0 aliphatic carbocycles. The molecule has 0 spiro atoms. The second kappa shape index (κ2) is 9.24. The van der Waals surface area contributed by atoms with E-state index in [1.807, 2.05) is 37.3 Å². The van der Waals surface area contributed by atoms with Crippen molar-refractivity contribution in [3.8, 4) is 0 Å². The molecule has 2 N–H and O–H groups in total. The maximum Gasteiger partial charge on any atom is 0.244 e. The molecular formula is C24H26N2O3S. The van der Waals surface area contributed by atoms with Gasteiger partial charge in [-0.3, -0.25) is 4.79 Å². The first-order chi connectivity index (χ1) is 14.2. The van der Waals surface area contributed by atoms with Crippen LogP contribution < -0.4 is 10.0 Å². The van der Waals surface area contributed by atoms with Crippen LogP contribution in [0.15, 0.2) is 77.7 Å². The summed E-state index contributed by atoms with van der Waals surface area (Å²) in [7, 11) is -3.52. The summed E-state index contributed by atoms with van der Waals surface area (Å²) in [5.41, 5.74) is 1.77. The Morgan fingerprint density at radius 3 is 2.23 bits per heavy atom. The van der Waals surface area contributed by atoms with E-state index in [0.717, 1.165) is 21.9 Å². The zero-order chi connectivity index (χ0) is 21.7. The fourth-order valence-corrected chi connectivity index (χ4v) is 4.38. The highest BCUT2D eigenvalue weighted by Gasteiger charge is 2.14. The van der Waals surface area contributed by atoms with Crippen LogP contribution in [0, 0.1) is 0 Å². The van der Waals surface area contributed by atoms with Gasteiger partial charge in [0.25, 0.3) is 0 Å². The summed E-state index contributed by atoms with van der Waals surface area (Å²) in [6, 6.07) is 20.3. The van der Waals surface area contributed by atoms with Gasteiger partial charge in [0.2, 0.25) is 15.9 Å². The zero-order valence-electron chi connectivity index (χ0n) is 17.3. The minimum atomic E-state index is -3.52. The number of hydrogen-bond acceptors (Lipinski definition) is 3. The second-order valence-electron chi connectivity index (χ2n) is 7.52. The number of fused-ring (bicyclic) bond motifs is 1. The van der Waals surface area contributed by atoms with Crippen LogP contribution in [0.5, 0.6) is 0 Å². The van der Waals surface area contributed by atoms with E-state index in [0.29, 0.717) is 0 Å². The summed E-state index contributed by atoms with van der Waals surface area (Å²) in [5, 5.41) is 5.25. The fraction of sp³-hybridized carbons (Fsp3) is 0.208. The molecule has 0 aliphatic heterocycles. The Balaban J connectivity index is 1.63. The van der Waals surface area contributed by atoms with Gasteiger partial charge in [0.05, 0.1) is 10.9 Å². The van der Waals surface area contributed by atoms with Crippen molar-refractivity contribution in [3.05, 3.63) is 83.9 Å². The Morgan fingerprint density at radius 1 is 0.900 bits per heavy atom. The Hall–Kier alpha value is -2.96. The molecule has 0 bridgehead atoms. The lowest BCUT2D eigenvalue weighted by molar-refractivity contribution is -0.117. The van der Waals surface area contributed by atoms with Crippen LogP contribution in [0.2, 0.25) is 0 Å². The maximum atomic E-state index is 12.3. The Kier molecular flexibility index (Phi) is 6.70. The van der Waals surface area contributed by atoms with Crippen molar-refractivity contribution in [2.45, 2.75) is 37.8 Å². The lowest BCUT2D eigenvalue weighted by Gasteiger charge is -2.14. The van der Waals surface area contributed by atoms with Crippen LogP contribution in [0.3, 0.4) is 0 Å². The van der Waals surface area contributed by atoms with E-state index in [4.69, 9.17) is 0 Å². The number of benzene rings is 3. The topological polar surface area (TPSA) is 75.3 Å². The summed E-state index contributed by atoms with van der Waals surface area (Å²) in [4.78, 5) is 12.5. The number of sulfonamides is 1. The van der Waals surface area contributed by atoms with E-state index < -0.39 is 10.0 Å². The average molecular weight is 423 g/mol. The molecule has 0 fully saturated rings. The molecule has 6 heteroatoms. The molecular weight excluding hydrogens is 396 g/mol. The predicted molar refractivity (Wildman–Crippen MR) is 121 cm³/mol. The Bertz CT molecular complexity index is 1170. The van der Waals surface area contributed by atoms with E-state index in [9.17, 15) is 13.2 Å². The first-order valence-electron chi connectivity index (χ1n) is 9.84. The lowest BCUT2D eigenvalue weighted by Crippen LogP contribution is -2.30. The summed E-state index contributed by atoms with van der Waals surface area (Å²) in [6.45, 7) is 5.48. The fourth-order valence-electron chi connectivity index (χ4n) is 3.13. The zero-order valence-corrected chi connectivity index (χ0v) is 18.1. The monoisotopic (exact) mass is 422 g/mol. The Labute approximate surface area is 177 Å².